The van der Waals surface area contributed by atoms with Crippen LogP contribution >= 0.6 is 0 Å². The molecule has 0 radical (unpaired) electrons. The van der Waals surface area contributed by atoms with Crippen molar-refractivity contribution in [1.82, 2.24) is 0 Å². The van der Waals surface area contributed by atoms with Gasteiger partial charge in [-0.05, 0) is 5.41 Å². The Bertz CT molecular complexity index is 198. The first-order valence-corrected chi connectivity index (χ1v) is 6.11. The van der Waals surface area contributed by atoms with E-state index in [-0.39, 0.29) is 52.2 Å². The van der Waals surface area contributed by atoms with Crippen LogP contribution in [0.25, 0.3) is 0 Å². The second-order valence-corrected chi connectivity index (χ2v) is 6.29. The Morgan fingerprint density at radius 2 is 1.32 bits per heavy atom. The van der Waals surface area contributed by atoms with E-state index in [4.69, 9.17) is 15.3 Å². The van der Waals surface area contributed by atoms with Gasteiger partial charge in [0, 0.05) is 40.7 Å². The predicted molar refractivity (Wildman–Crippen MR) is 71.0 cm³/mol. The van der Waals surface area contributed by atoms with Gasteiger partial charge in [-0.15, -0.1) is 0 Å². The molecule has 0 spiro atoms. The predicted octanol–water partition coefficient (Wildman–Crippen LogP) is 0.743. The van der Waals surface area contributed by atoms with E-state index in [1.807, 2.05) is 20.8 Å². The first-order chi connectivity index (χ1) is 8.00. The summed E-state index contributed by atoms with van der Waals surface area (Å²) in [5.74, 6) is 0. The van der Waals surface area contributed by atoms with Crippen molar-refractivity contribution in [2.75, 3.05) is 20.3 Å². The number of aliphatic hydroxyl groups excluding tert-OH is 4. The van der Waals surface area contributed by atoms with Gasteiger partial charge in [-0.3, -0.25) is 0 Å². The van der Waals surface area contributed by atoms with E-state index in [9.17, 15) is 5.11 Å². The normalized spacial score (nSPS) is 14.8. The van der Waals surface area contributed by atoms with Crippen LogP contribution in [-0.4, -0.2) is 53.1 Å². The van der Waals surface area contributed by atoms with Crippen molar-refractivity contribution in [3.63, 3.8) is 0 Å². The monoisotopic (exact) mass is 314 g/mol. The molecule has 2 atom stereocenters. The van der Waals surface area contributed by atoms with E-state index in [0.29, 0.717) is 0 Å². The molecule has 0 fully saturated rings. The fourth-order valence-corrected chi connectivity index (χ4v) is 0.691. The van der Waals surface area contributed by atoms with Crippen LogP contribution < -0.4 is 0 Å². The molecule has 0 aromatic heterocycles. The van der Waals surface area contributed by atoms with E-state index >= 15 is 0 Å². The van der Waals surface area contributed by atoms with Crippen molar-refractivity contribution in [2.45, 2.75) is 53.4 Å². The van der Waals surface area contributed by atoms with Gasteiger partial charge in [-0.1, -0.05) is 34.6 Å². The molecule has 116 valence electrons. The summed E-state index contributed by atoms with van der Waals surface area (Å²) in [5.41, 5.74) is -0.500. The van der Waals surface area contributed by atoms with Gasteiger partial charge < -0.3 is 25.2 Å². The van der Waals surface area contributed by atoms with Crippen molar-refractivity contribution < 1.29 is 46.9 Å². The van der Waals surface area contributed by atoms with E-state index in [1.54, 1.807) is 13.8 Å². The summed E-state index contributed by atoms with van der Waals surface area (Å²) in [7, 11) is 1.42. The van der Waals surface area contributed by atoms with Gasteiger partial charge in [0.25, 0.3) is 0 Å². The Hall–Kier alpha value is 0.514. The molecule has 0 aromatic rings. The Morgan fingerprint density at radius 1 is 0.947 bits per heavy atom. The van der Waals surface area contributed by atoms with Crippen LogP contribution in [-0.2, 0) is 26.5 Å². The van der Waals surface area contributed by atoms with Gasteiger partial charge in [-0.2, -0.15) is 0 Å². The van der Waals surface area contributed by atoms with Gasteiger partial charge in [0.15, 0.2) is 6.29 Å². The zero-order valence-corrected chi connectivity index (χ0v) is 14.5. The molecule has 4 N–H and O–H groups in total. The summed E-state index contributed by atoms with van der Waals surface area (Å²) in [6.45, 7) is 9.44. The fourth-order valence-electron chi connectivity index (χ4n) is 0.691. The van der Waals surface area contributed by atoms with Crippen molar-refractivity contribution in [3.8, 4) is 0 Å². The second kappa shape index (κ2) is 11.2. The van der Waals surface area contributed by atoms with E-state index in [2.05, 4.69) is 4.74 Å². The van der Waals surface area contributed by atoms with Crippen LogP contribution in [0, 0.1) is 10.8 Å². The van der Waals surface area contributed by atoms with Gasteiger partial charge in [0.1, 0.15) is 0 Å². The molecule has 0 bridgehead atoms. The minimum Gasteiger partial charge on any atom is -0.396 e. The third-order valence-electron chi connectivity index (χ3n) is 2.55. The second-order valence-electron chi connectivity index (χ2n) is 6.29. The average molecular weight is 314 g/mol. The zero-order chi connectivity index (χ0) is 15.0. The standard InChI is InChI=1S/C8H18O3.C5H12O2.Ti/c1-8(2,3)6(9)5-7(10)11-4;1-5(2,3-6)4-7;/h6-7,9-10H,5H2,1-4H3;6-7H,3-4H2,1-2H3;. The number of aliphatic hydroxyl groups is 4. The maximum absolute atomic E-state index is 9.45. The van der Waals surface area contributed by atoms with Crippen LogP contribution in [0.1, 0.15) is 41.0 Å². The molecule has 6 heteroatoms. The summed E-state index contributed by atoms with van der Waals surface area (Å²) in [4.78, 5) is 0. The summed E-state index contributed by atoms with van der Waals surface area (Å²) in [6.07, 6.45) is -1.12. The number of rotatable bonds is 5. The van der Waals surface area contributed by atoms with Crippen molar-refractivity contribution in [3.05, 3.63) is 0 Å². The minimum atomic E-state index is -0.857. The Morgan fingerprint density at radius 3 is 1.47 bits per heavy atom. The molecule has 0 saturated heterocycles. The summed E-state index contributed by atoms with van der Waals surface area (Å²) in [5, 5.41) is 35.3. The van der Waals surface area contributed by atoms with Gasteiger partial charge in [0.2, 0.25) is 0 Å². The Kier molecular flexibility index (Phi) is 14.5. The first-order valence-electron chi connectivity index (χ1n) is 6.11. The number of hydrogen-bond donors (Lipinski definition) is 4. The molecule has 0 heterocycles. The summed E-state index contributed by atoms with van der Waals surface area (Å²) < 4.78 is 4.61. The van der Waals surface area contributed by atoms with Gasteiger partial charge >= 0.3 is 0 Å². The number of methoxy groups -OCH3 is 1. The third-order valence-corrected chi connectivity index (χ3v) is 2.55. The van der Waals surface area contributed by atoms with Crippen LogP contribution in [0.4, 0.5) is 0 Å². The Balaban J connectivity index is -0.000000280. The smallest absolute Gasteiger partial charge is 0.156 e. The molecule has 0 saturated carbocycles. The van der Waals surface area contributed by atoms with Crippen LogP contribution in [0.3, 0.4) is 0 Å². The van der Waals surface area contributed by atoms with Gasteiger partial charge in [-0.25, -0.2) is 0 Å². The SMILES string of the molecule is CC(C)(CO)CO.COC(O)CC(O)C(C)(C)C.[Ti]. The van der Waals surface area contributed by atoms with Crippen molar-refractivity contribution >= 4 is 0 Å². The Labute approximate surface area is 131 Å². The third kappa shape index (κ3) is 14.7. The maximum Gasteiger partial charge on any atom is 0.156 e. The summed E-state index contributed by atoms with van der Waals surface area (Å²) in [6, 6.07) is 0. The topological polar surface area (TPSA) is 90.2 Å². The minimum absolute atomic E-state index is 0. The molecule has 2 unspecified atom stereocenters. The quantitative estimate of drug-likeness (QED) is 0.444. The first kappa shape index (κ1) is 24.5. The molecule has 0 amide bonds. The van der Waals surface area contributed by atoms with Crippen LogP contribution in [0.2, 0.25) is 0 Å². The summed E-state index contributed by atoms with van der Waals surface area (Å²) >= 11 is 0. The molecule has 5 nitrogen and oxygen atoms in total. The average Bonchev–Trinajstić information content (AvgIpc) is 2.28. The number of ether oxygens (including phenoxy) is 1. The molecule has 0 rings (SSSR count). The van der Waals surface area contributed by atoms with Crippen molar-refractivity contribution in [2.24, 2.45) is 10.8 Å². The number of hydrogen-bond acceptors (Lipinski definition) is 5. The molecule has 0 aliphatic heterocycles. The van der Waals surface area contributed by atoms with Gasteiger partial charge in [0.05, 0.1) is 19.3 Å². The zero-order valence-electron chi connectivity index (χ0n) is 13.0. The fraction of sp³-hybridized carbons (Fsp3) is 1.00. The molecule has 19 heavy (non-hydrogen) atoms. The molecular weight excluding hydrogens is 284 g/mol. The van der Waals surface area contributed by atoms with Crippen molar-refractivity contribution in [1.29, 1.82) is 0 Å². The van der Waals surface area contributed by atoms with Crippen LogP contribution in [0.5, 0.6) is 0 Å². The largest absolute Gasteiger partial charge is 0.396 e. The molecular formula is C13H30O5Ti. The molecule has 0 aliphatic carbocycles. The molecule has 0 aliphatic rings. The van der Waals surface area contributed by atoms with Crippen LogP contribution in [0.15, 0.2) is 0 Å². The van der Waals surface area contributed by atoms with E-state index < -0.39 is 12.4 Å². The maximum atomic E-state index is 9.45. The van der Waals surface area contributed by atoms with E-state index in [0.717, 1.165) is 0 Å². The molecule has 0 aromatic carbocycles. The van der Waals surface area contributed by atoms with E-state index in [1.165, 1.54) is 7.11 Å².